The maximum atomic E-state index is 13.6. The predicted molar refractivity (Wildman–Crippen MR) is 127 cm³/mol. The first-order valence-corrected chi connectivity index (χ1v) is 12.5. The number of halogens is 1. The summed E-state index contributed by atoms with van der Waals surface area (Å²) in [6.07, 6.45) is 0.612. The molecule has 0 bridgehead atoms. The number of fused-ring (bicyclic) bond motifs is 3. The van der Waals surface area contributed by atoms with Crippen LogP contribution < -0.4 is 4.90 Å². The Kier molecular flexibility index (Phi) is 5.64. The molecule has 0 aliphatic carbocycles. The minimum absolute atomic E-state index is 0.0545. The standard InChI is InChI=1S/C26H24FN3O3S/c1-29-24-11-6-19(18-4-2-17(15-28)3-5-18)14-23(24)26-22(25(29)16-31)12-13-30(26)34(32,33)21-9-7-20(27)8-10-21/h2-11,14,22,25-26,31H,12-13,16H2,1H3/t22-,25-,26-/m0/s1. The smallest absolute Gasteiger partial charge is 0.243 e. The molecule has 1 saturated heterocycles. The fourth-order valence-electron chi connectivity index (χ4n) is 5.34. The van der Waals surface area contributed by atoms with E-state index in [1.807, 2.05) is 42.3 Å². The molecule has 2 aliphatic heterocycles. The Balaban J connectivity index is 1.63. The van der Waals surface area contributed by atoms with Crippen molar-refractivity contribution in [3.05, 3.63) is 83.7 Å². The average molecular weight is 478 g/mol. The van der Waals surface area contributed by atoms with E-state index in [9.17, 15) is 17.9 Å². The van der Waals surface area contributed by atoms with Crippen LogP contribution in [0.1, 0.15) is 23.6 Å². The molecular formula is C26H24FN3O3S. The van der Waals surface area contributed by atoms with Crippen molar-refractivity contribution in [1.82, 2.24) is 4.31 Å². The van der Waals surface area contributed by atoms with Gasteiger partial charge in [-0.3, -0.25) is 0 Å². The van der Waals surface area contributed by atoms with E-state index in [1.165, 1.54) is 16.4 Å². The van der Waals surface area contributed by atoms with E-state index in [4.69, 9.17) is 5.26 Å². The molecule has 0 saturated carbocycles. The number of aliphatic hydroxyl groups is 1. The number of anilines is 1. The Bertz CT molecular complexity index is 1370. The molecule has 6 nitrogen and oxygen atoms in total. The fraction of sp³-hybridized carbons (Fsp3) is 0.269. The van der Waals surface area contributed by atoms with Crippen LogP contribution in [-0.4, -0.2) is 44.1 Å². The highest BCUT2D eigenvalue weighted by Crippen LogP contribution is 2.51. The van der Waals surface area contributed by atoms with Gasteiger partial charge in [0, 0.05) is 25.2 Å². The number of nitrogens with zero attached hydrogens (tertiary/aromatic N) is 3. The van der Waals surface area contributed by atoms with Crippen molar-refractivity contribution < 1.29 is 17.9 Å². The number of aliphatic hydroxyl groups excluding tert-OH is 1. The van der Waals surface area contributed by atoms with Crippen molar-refractivity contribution in [2.75, 3.05) is 25.1 Å². The summed E-state index contributed by atoms with van der Waals surface area (Å²) >= 11 is 0. The number of nitriles is 1. The molecule has 1 N–H and O–H groups in total. The van der Waals surface area contributed by atoms with Gasteiger partial charge in [0.05, 0.1) is 35.2 Å². The maximum absolute atomic E-state index is 13.6. The van der Waals surface area contributed by atoms with Crippen LogP contribution in [0.4, 0.5) is 10.1 Å². The molecule has 0 amide bonds. The van der Waals surface area contributed by atoms with Crippen LogP contribution in [-0.2, 0) is 10.0 Å². The van der Waals surface area contributed by atoms with Crippen molar-refractivity contribution in [2.45, 2.75) is 23.4 Å². The number of benzene rings is 3. The molecule has 8 heteroatoms. The highest BCUT2D eigenvalue weighted by atomic mass is 32.2. The summed E-state index contributed by atoms with van der Waals surface area (Å²) in [5.41, 5.74) is 4.17. The summed E-state index contributed by atoms with van der Waals surface area (Å²) in [4.78, 5) is 2.09. The minimum Gasteiger partial charge on any atom is -0.394 e. The molecule has 5 rings (SSSR count). The first-order chi connectivity index (χ1) is 16.3. The normalized spacial score (nSPS) is 22.2. The Hall–Kier alpha value is -3.25. The van der Waals surface area contributed by atoms with Crippen molar-refractivity contribution >= 4 is 15.7 Å². The van der Waals surface area contributed by atoms with Gasteiger partial charge in [0.25, 0.3) is 0 Å². The molecule has 3 aromatic rings. The molecule has 2 heterocycles. The van der Waals surface area contributed by atoms with Crippen LogP contribution in [0.2, 0.25) is 0 Å². The van der Waals surface area contributed by atoms with E-state index in [1.54, 1.807) is 12.1 Å². The van der Waals surface area contributed by atoms with Crippen LogP contribution in [0.5, 0.6) is 0 Å². The molecule has 1 fully saturated rings. The van der Waals surface area contributed by atoms with Gasteiger partial charge in [0.15, 0.2) is 0 Å². The van der Waals surface area contributed by atoms with Gasteiger partial charge in [0.2, 0.25) is 10.0 Å². The van der Waals surface area contributed by atoms with Gasteiger partial charge < -0.3 is 10.0 Å². The van der Waals surface area contributed by atoms with Crippen molar-refractivity contribution in [1.29, 1.82) is 5.26 Å². The van der Waals surface area contributed by atoms with Crippen LogP contribution in [0.25, 0.3) is 11.1 Å². The van der Waals surface area contributed by atoms with E-state index in [0.29, 0.717) is 18.5 Å². The molecule has 0 unspecified atom stereocenters. The van der Waals surface area contributed by atoms with Gasteiger partial charge in [-0.15, -0.1) is 0 Å². The summed E-state index contributed by atoms with van der Waals surface area (Å²) < 4.78 is 42.2. The Labute approximate surface area is 198 Å². The quantitative estimate of drug-likeness (QED) is 0.616. The van der Waals surface area contributed by atoms with Crippen LogP contribution in [0.15, 0.2) is 71.6 Å². The van der Waals surface area contributed by atoms with E-state index in [2.05, 4.69) is 6.07 Å². The van der Waals surface area contributed by atoms with Crippen molar-refractivity contribution in [3.63, 3.8) is 0 Å². The molecular weight excluding hydrogens is 453 g/mol. The molecule has 34 heavy (non-hydrogen) atoms. The molecule has 174 valence electrons. The van der Waals surface area contributed by atoms with Gasteiger partial charge in [0.1, 0.15) is 5.82 Å². The second kappa shape index (κ2) is 8.51. The zero-order chi connectivity index (χ0) is 24.0. The van der Waals surface area contributed by atoms with E-state index in [0.717, 1.165) is 34.5 Å². The number of hydrogen-bond donors (Lipinski definition) is 1. The van der Waals surface area contributed by atoms with Crippen LogP contribution in [0, 0.1) is 23.1 Å². The molecule has 0 aromatic heterocycles. The molecule has 0 radical (unpaired) electrons. The van der Waals surface area contributed by atoms with Crippen LogP contribution >= 0.6 is 0 Å². The van der Waals surface area contributed by atoms with Crippen molar-refractivity contribution in [3.8, 4) is 17.2 Å². The topological polar surface area (TPSA) is 84.6 Å². The number of likely N-dealkylation sites (N-methyl/N-ethyl adjacent to an activating group) is 1. The zero-order valence-electron chi connectivity index (χ0n) is 18.6. The maximum Gasteiger partial charge on any atom is 0.243 e. The average Bonchev–Trinajstić information content (AvgIpc) is 3.30. The Morgan fingerprint density at radius 2 is 1.74 bits per heavy atom. The highest BCUT2D eigenvalue weighted by Gasteiger charge is 2.50. The summed E-state index contributed by atoms with van der Waals surface area (Å²) in [6.45, 7) is 0.235. The van der Waals surface area contributed by atoms with E-state index < -0.39 is 21.9 Å². The van der Waals surface area contributed by atoms with E-state index >= 15 is 0 Å². The van der Waals surface area contributed by atoms with Gasteiger partial charge in [-0.1, -0.05) is 18.2 Å². The lowest BCUT2D eigenvalue weighted by Gasteiger charge is -2.44. The largest absolute Gasteiger partial charge is 0.394 e. The summed E-state index contributed by atoms with van der Waals surface area (Å²) in [6, 6.07) is 19.6. The lowest BCUT2D eigenvalue weighted by molar-refractivity contribution is 0.193. The first kappa shape index (κ1) is 22.5. The monoisotopic (exact) mass is 477 g/mol. The number of sulfonamides is 1. The van der Waals surface area contributed by atoms with Crippen LogP contribution in [0.3, 0.4) is 0 Å². The Morgan fingerprint density at radius 3 is 2.38 bits per heavy atom. The highest BCUT2D eigenvalue weighted by molar-refractivity contribution is 7.89. The molecule has 3 aromatic carbocycles. The number of hydrogen-bond acceptors (Lipinski definition) is 5. The van der Waals surface area contributed by atoms with E-state index in [-0.39, 0.29) is 23.5 Å². The third-order valence-electron chi connectivity index (χ3n) is 7.07. The van der Waals surface area contributed by atoms with Gasteiger partial charge >= 0.3 is 0 Å². The third-order valence-corrected chi connectivity index (χ3v) is 8.97. The van der Waals surface area contributed by atoms with Gasteiger partial charge in [-0.2, -0.15) is 9.57 Å². The number of rotatable bonds is 4. The minimum atomic E-state index is -3.87. The fourth-order valence-corrected chi connectivity index (χ4v) is 7.01. The molecule has 3 atom stereocenters. The summed E-state index contributed by atoms with van der Waals surface area (Å²) in [5, 5.41) is 19.3. The SMILES string of the molecule is CN1c2ccc(-c3ccc(C#N)cc3)cc2[C@@H]2[C@@H](CCN2S(=O)(=O)c2ccc(F)cc2)[C@@H]1CO. The molecule has 2 aliphatic rings. The first-order valence-electron chi connectivity index (χ1n) is 11.1. The summed E-state index contributed by atoms with van der Waals surface area (Å²) in [5.74, 6) is -0.579. The second-order valence-corrected chi connectivity index (χ2v) is 10.7. The third kappa shape index (κ3) is 3.57. The van der Waals surface area contributed by atoms with Gasteiger partial charge in [-0.25, -0.2) is 12.8 Å². The second-order valence-electron chi connectivity index (χ2n) is 8.79. The summed E-state index contributed by atoms with van der Waals surface area (Å²) in [7, 11) is -1.95. The Morgan fingerprint density at radius 1 is 1.06 bits per heavy atom. The lowest BCUT2D eigenvalue weighted by atomic mass is 9.81. The van der Waals surface area contributed by atoms with Crippen molar-refractivity contribution in [2.24, 2.45) is 5.92 Å². The predicted octanol–water partition coefficient (Wildman–Crippen LogP) is 3.93. The molecule has 0 spiro atoms. The van der Waals surface area contributed by atoms with Gasteiger partial charge in [-0.05, 0) is 71.6 Å². The zero-order valence-corrected chi connectivity index (χ0v) is 19.4. The lowest BCUT2D eigenvalue weighted by Crippen LogP contribution is -2.48.